The van der Waals surface area contributed by atoms with Crippen LogP contribution in [0.2, 0.25) is 0 Å². The summed E-state index contributed by atoms with van der Waals surface area (Å²) in [5, 5.41) is 11.6. The van der Waals surface area contributed by atoms with Gasteiger partial charge in [0.15, 0.2) is 24.6 Å². The third-order valence-corrected chi connectivity index (χ3v) is 7.72. The maximum absolute atomic E-state index is 12.1. The lowest BCUT2D eigenvalue weighted by Gasteiger charge is -2.57. The summed E-state index contributed by atoms with van der Waals surface area (Å²) >= 11 is 0. The number of ether oxygens (including phenoxy) is 8. The van der Waals surface area contributed by atoms with E-state index in [2.05, 4.69) is 0 Å². The molecule has 44 heavy (non-hydrogen) atoms. The van der Waals surface area contributed by atoms with Crippen LogP contribution >= 0.6 is 0 Å². The van der Waals surface area contributed by atoms with Gasteiger partial charge in [0.1, 0.15) is 24.4 Å². The number of esters is 5. The minimum Gasteiger partial charge on any atom is -0.463 e. The van der Waals surface area contributed by atoms with Gasteiger partial charge >= 0.3 is 29.8 Å². The quantitative estimate of drug-likeness (QED) is 0.199. The molecule has 0 unspecified atom stereocenters. The predicted molar refractivity (Wildman–Crippen MR) is 151 cm³/mol. The van der Waals surface area contributed by atoms with Gasteiger partial charge in [0.2, 0.25) is 0 Å². The van der Waals surface area contributed by atoms with Gasteiger partial charge < -0.3 is 43.0 Å². The first-order valence-electron chi connectivity index (χ1n) is 14.3. The molecule has 14 nitrogen and oxygen atoms in total. The van der Waals surface area contributed by atoms with Gasteiger partial charge in [0.25, 0.3) is 0 Å². The number of aliphatic hydroxyl groups is 1. The molecule has 2 aliphatic rings. The molecule has 1 aliphatic heterocycles. The first-order chi connectivity index (χ1) is 20.2. The molecule has 9 atom stereocenters. The van der Waals surface area contributed by atoms with E-state index in [1.807, 2.05) is 13.8 Å². The van der Waals surface area contributed by atoms with Gasteiger partial charge in [-0.05, 0) is 20.3 Å². The molecule has 2 rings (SSSR count). The molecule has 2 fully saturated rings. The molecule has 250 valence electrons. The molecule has 1 N–H and O–H groups in total. The lowest BCUT2D eigenvalue weighted by Crippen LogP contribution is -2.66. The standard InChI is InChI=1S/C30H46O14/c1-16(11-12-30(37-10)28(7,8)13-22(40-18(3)32)14-29(30,9)36)39-27-26(43-21(6)35)25(42-20(5)34)24(41-19(4)33)23(44-27)15-38-17(2)31/h11-12,16,22-27,36H,13-15H2,1-10H3/b12-11+/t16-,22-,23-,24-,25+,26-,27-,29+,30+/m1/s1. The average Bonchev–Trinajstić information content (AvgIpc) is 2.84. The zero-order valence-corrected chi connectivity index (χ0v) is 27.1. The minimum absolute atomic E-state index is 0.114. The van der Waals surface area contributed by atoms with Crippen molar-refractivity contribution in [1.29, 1.82) is 0 Å². The van der Waals surface area contributed by atoms with Crippen molar-refractivity contribution in [2.24, 2.45) is 5.41 Å². The molecule has 0 aromatic rings. The van der Waals surface area contributed by atoms with Crippen molar-refractivity contribution in [2.75, 3.05) is 13.7 Å². The summed E-state index contributed by atoms with van der Waals surface area (Å²) in [6.07, 6.45) is -4.14. The number of carbonyl (C=O) groups is 5. The van der Waals surface area contributed by atoms with Crippen molar-refractivity contribution >= 4 is 29.8 Å². The fraction of sp³-hybridized carbons (Fsp3) is 0.767. The monoisotopic (exact) mass is 630 g/mol. The van der Waals surface area contributed by atoms with Crippen LogP contribution < -0.4 is 0 Å². The number of rotatable bonds is 11. The van der Waals surface area contributed by atoms with Crippen LogP contribution in [0.15, 0.2) is 12.2 Å². The zero-order valence-electron chi connectivity index (χ0n) is 27.1. The van der Waals surface area contributed by atoms with E-state index in [1.54, 1.807) is 26.0 Å². The molecule has 1 aliphatic carbocycles. The van der Waals surface area contributed by atoms with Gasteiger partial charge in [0.05, 0.1) is 11.7 Å². The van der Waals surface area contributed by atoms with Crippen LogP contribution in [0, 0.1) is 5.41 Å². The summed E-state index contributed by atoms with van der Waals surface area (Å²) in [5.41, 5.74) is -3.46. The van der Waals surface area contributed by atoms with Crippen LogP contribution in [0.1, 0.15) is 75.2 Å². The summed E-state index contributed by atoms with van der Waals surface area (Å²) in [5.74, 6) is -3.36. The molecular formula is C30H46O14. The smallest absolute Gasteiger partial charge is 0.303 e. The summed E-state index contributed by atoms with van der Waals surface area (Å²) in [6, 6.07) is 0. The molecule has 0 amide bonds. The van der Waals surface area contributed by atoms with E-state index < -0.39 is 96.0 Å². The molecule has 0 aromatic heterocycles. The lowest BCUT2D eigenvalue weighted by molar-refractivity contribution is -0.312. The van der Waals surface area contributed by atoms with Gasteiger partial charge in [-0.2, -0.15) is 0 Å². The van der Waals surface area contributed by atoms with Gasteiger partial charge in [-0.25, -0.2) is 0 Å². The zero-order chi connectivity index (χ0) is 33.6. The first-order valence-corrected chi connectivity index (χ1v) is 14.3. The SMILES string of the molecule is CO[C@@]1(/C=C/[C@@H](C)O[C@@H]2O[C@H](COC(C)=O)[C@@H](OC(C)=O)[C@H](OC(C)=O)[C@H]2OC(C)=O)C(C)(C)C[C@@H](OC(C)=O)C[C@]1(C)O. The van der Waals surface area contributed by atoms with Gasteiger partial charge in [-0.3, -0.25) is 24.0 Å². The van der Waals surface area contributed by atoms with E-state index in [1.165, 1.54) is 21.0 Å². The summed E-state index contributed by atoms with van der Waals surface area (Å²) in [7, 11) is 1.47. The van der Waals surface area contributed by atoms with E-state index in [-0.39, 0.29) is 6.42 Å². The normalized spacial score (nSPS) is 34.0. The van der Waals surface area contributed by atoms with E-state index in [0.29, 0.717) is 6.42 Å². The maximum atomic E-state index is 12.1. The van der Waals surface area contributed by atoms with Crippen LogP contribution in [-0.2, 0) is 61.9 Å². The third kappa shape index (κ3) is 8.99. The molecule has 14 heteroatoms. The number of hydrogen-bond donors (Lipinski definition) is 1. The van der Waals surface area contributed by atoms with Crippen LogP contribution in [0.4, 0.5) is 0 Å². The Bertz CT molecular complexity index is 1080. The minimum atomic E-state index is -1.48. The fourth-order valence-corrected chi connectivity index (χ4v) is 6.23. The fourth-order valence-electron chi connectivity index (χ4n) is 6.23. The summed E-state index contributed by atoms with van der Waals surface area (Å²) in [4.78, 5) is 59.4. The second-order valence-electron chi connectivity index (χ2n) is 12.0. The van der Waals surface area contributed by atoms with Gasteiger partial charge in [0, 0.05) is 53.6 Å². The van der Waals surface area contributed by atoms with E-state index in [4.69, 9.17) is 37.9 Å². The highest BCUT2D eigenvalue weighted by Gasteiger charge is 2.61. The molecule has 0 radical (unpaired) electrons. The molecular weight excluding hydrogens is 584 g/mol. The van der Waals surface area contributed by atoms with Crippen molar-refractivity contribution in [3.8, 4) is 0 Å². The highest BCUT2D eigenvalue weighted by molar-refractivity contribution is 5.69. The largest absolute Gasteiger partial charge is 0.463 e. The predicted octanol–water partition coefficient (Wildman–Crippen LogP) is 1.92. The Morgan fingerprint density at radius 1 is 0.818 bits per heavy atom. The molecule has 0 spiro atoms. The second-order valence-corrected chi connectivity index (χ2v) is 12.0. The lowest BCUT2D eigenvalue weighted by atomic mass is 9.57. The van der Waals surface area contributed by atoms with Crippen molar-refractivity contribution in [1.82, 2.24) is 0 Å². The van der Waals surface area contributed by atoms with E-state index >= 15 is 0 Å². The summed E-state index contributed by atoms with van der Waals surface area (Å²) in [6.45, 7) is 12.5. The highest BCUT2D eigenvalue weighted by atomic mass is 16.7. The van der Waals surface area contributed by atoms with Crippen molar-refractivity contribution in [2.45, 2.75) is 129 Å². The van der Waals surface area contributed by atoms with Crippen LogP contribution in [0.5, 0.6) is 0 Å². The van der Waals surface area contributed by atoms with Gasteiger partial charge in [-0.1, -0.05) is 26.0 Å². The Kier molecular flexibility index (Phi) is 12.5. The molecule has 1 saturated carbocycles. The van der Waals surface area contributed by atoms with Gasteiger partial charge in [-0.15, -0.1) is 0 Å². The van der Waals surface area contributed by atoms with Crippen LogP contribution in [0.3, 0.4) is 0 Å². The van der Waals surface area contributed by atoms with E-state index in [9.17, 15) is 29.1 Å². The number of methoxy groups -OCH3 is 1. The Morgan fingerprint density at radius 2 is 1.34 bits per heavy atom. The van der Waals surface area contributed by atoms with Crippen molar-refractivity contribution in [3.05, 3.63) is 12.2 Å². The molecule has 1 saturated heterocycles. The Balaban J connectivity index is 2.45. The Hall–Kier alpha value is -3.07. The highest BCUT2D eigenvalue weighted by Crippen LogP contribution is 2.53. The number of carbonyl (C=O) groups excluding carboxylic acids is 5. The van der Waals surface area contributed by atoms with E-state index in [0.717, 1.165) is 20.8 Å². The summed E-state index contributed by atoms with van der Waals surface area (Å²) < 4.78 is 44.9. The molecule has 1 heterocycles. The van der Waals surface area contributed by atoms with Crippen molar-refractivity contribution < 1.29 is 67.0 Å². The molecule has 0 bridgehead atoms. The first kappa shape index (κ1) is 37.1. The second kappa shape index (κ2) is 14.8. The van der Waals surface area contributed by atoms with Crippen molar-refractivity contribution in [3.63, 3.8) is 0 Å². The molecule has 0 aromatic carbocycles. The maximum Gasteiger partial charge on any atom is 0.303 e. The van der Waals surface area contributed by atoms with Crippen LogP contribution in [0.25, 0.3) is 0 Å². The van der Waals surface area contributed by atoms with Crippen LogP contribution in [-0.4, -0.2) is 103 Å². The Labute approximate surface area is 257 Å². The third-order valence-electron chi connectivity index (χ3n) is 7.72. The Morgan fingerprint density at radius 3 is 1.82 bits per heavy atom. The topological polar surface area (TPSA) is 179 Å². The average molecular weight is 631 g/mol. The number of hydrogen-bond acceptors (Lipinski definition) is 14.